The summed E-state index contributed by atoms with van der Waals surface area (Å²) in [6.45, 7) is 7.25. The number of amides is 1. The topological polar surface area (TPSA) is 131 Å². The van der Waals surface area contributed by atoms with Crippen molar-refractivity contribution in [2.45, 2.75) is 6.54 Å². The van der Waals surface area contributed by atoms with Crippen LogP contribution >= 0.6 is 0 Å². The summed E-state index contributed by atoms with van der Waals surface area (Å²) in [5.41, 5.74) is 7.54. The molecule has 1 amide bonds. The number of para-hydroxylation sites is 1. The van der Waals surface area contributed by atoms with Crippen molar-refractivity contribution in [1.29, 1.82) is 5.26 Å². The molecule has 2 aromatic carbocycles. The number of allylic oxidation sites excluding steroid dienone is 1. The Morgan fingerprint density at radius 3 is 2.64 bits per heavy atom. The number of nitrogens with zero attached hydrogens (tertiary/aromatic N) is 6. The van der Waals surface area contributed by atoms with E-state index in [9.17, 15) is 19.2 Å². The zero-order valence-corrected chi connectivity index (χ0v) is 19.1. The first kappa shape index (κ1) is 24.0. The zero-order valence-electron chi connectivity index (χ0n) is 19.1. The Morgan fingerprint density at radius 2 is 1.94 bits per heavy atom. The molecule has 9 nitrogen and oxygen atoms in total. The lowest BCUT2D eigenvalue weighted by atomic mass is 10.0. The van der Waals surface area contributed by atoms with E-state index in [0.717, 1.165) is 12.1 Å². The normalized spacial score (nSPS) is 10.6. The molecule has 0 saturated heterocycles. The van der Waals surface area contributed by atoms with Crippen molar-refractivity contribution in [1.82, 2.24) is 19.7 Å². The number of hydrogen-bond acceptors (Lipinski definition) is 7. The fourth-order valence-electron chi connectivity index (χ4n) is 3.74. The molecule has 0 unspecified atom stereocenters. The van der Waals surface area contributed by atoms with Gasteiger partial charge in [-0.05, 0) is 36.4 Å². The van der Waals surface area contributed by atoms with Crippen LogP contribution in [0.25, 0.3) is 22.3 Å². The Hall–Kier alpha value is -5.17. The fraction of sp³-hybridized carbons (Fsp3) is 0.0769. The Bertz CT molecular complexity index is 1550. The number of benzene rings is 2. The van der Waals surface area contributed by atoms with Gasteiger partial charge in [0.2, 0.25) is 0 Å². The third kappa shape index (κ3) is 4.58. The Balaban J connectivity index is 1.78. The largest absolute Gasteiger partial charge is 0.383 e. The van der Waals surface area contributed by atoms with Crippen molar-refractivity contribution < 1.29 is 14.0 Å². The lowest BCUT2D eigenvalue weighted by molar-refractivity contribution is -0.114. The fourth-order valence-corrected chi connectivity index (χ4v) is 3.74. The number of fused-ring (bicyclic) bond motifs is 1. The molecule has 0 saturated carbocycles. The molecule has 0 aliphatic rings. The summed E-state index contributed by atoms with van der Waals surface area (Å²) >= 11 is 0. The van der Waals surface area contributed by atoms with Crippen molar-refractivity contribution in [3.05, 3.63) is 91.0 Å². The second-order valence-electron chi connectivity index (χ2n) is 7.71. The van der Waals surface area contributed by atoms with Crippen molar-refractivity contribution in [3.63, 3.8) is 0 Å². The van der Waals surface area contributed by atoms with E-state index in [2.05, 4.69) is 28.2 Å². The molecule has 0 radical (unpaired) electrons. The molecule has 0 spiro atoms. The second-order valence-corrected chi connectivity index (χ2v) is 7.71. The van der Waals surface area contributed by atoms with Crippen LogP contribution in [0.1, 0.15) is 10.4 Å². The maximum atomic E-state index is 14.4. The van der Waals surface area contributed by atoms with Crippen molar-refractivity contribution in [3.8, 4) is 17.3 Å². The Kier molecular flexibility index (Phi) is 6.65. The van der Waals surface area contributed by atoms with Crippen LogP contribution < -0.4 is 10.6 Å². The molecule has 0 aliphatic carbocycles. The molecule has 2 aromatic heterocycles. The van der Waals surface area contributed by atoms with Gasteiger partial charge in [-0.2, -0.15) is 10.4 Å². The third-order valence-corrected chi connectivity index (χ3v) is 5.44. The molecule has 178 valence electrons. The van der Waals surface area contributed by atoms with Gasteiger partial charge in [0.25, 0.3) is 5.91 Å². The first-order valence-corrected chi connectivity index (χ1v) is 10.7. The summed E-state index contributed by atoms with van der Waals surface area (Å²) in [6, 6.07) is 14.4. The molecule has 4 rings (SSSR count). The maximum Gasteiger partial charge on any atom is 0.268 e. The Morgan fingerprint density at radius 1 is 1.19 bits per heavy atom. The molecular weight excluding hydrogens is 461 g/mol. The van der Waals surface area contributed by atoms with E-state index in [1.807, 2.05) is 6.07 Å². The quantitative estimate of drug-likeness (QED) is 0.231. The van der Waals surface area contributed by atoms with E-state index in [1.165, 1.54) is 28.0 Å². The average molecular weight is 481 g/mol. The van der Waals surface area contributed by atoms with Crippen LogP contribution in [0, 0.1) is 17.1 Å². The molecular formula is C26H20FN7O2. The second kappa shape index (κ2) is 9.99. The van der Waals surface area contributed by atoms with E-state index in [4.69, 9.17) is 5.73 Å². The van der Waals surface area contributed by atoms with Gasteiger partial charge in [-0.3, -0.25) is 9.59 Å². The maximum absolute atomic E-state index is 14.4. The number of carbonyl (C=O) groups excluding carboxylic acids is 2. The standard InChI is InChI=1S/C26H20FN7O2/c1-3-21(35)17-11-18(13-19(27)12-17)23-22-24(29)30-15-31-25(22)34(32-23)10-9-33(26(36)16(2)14-28)20-7-5-4-6-8-20/h3-8,11-13,15H,1-2,9-10H2,(H2,29,30,31). The number of aromatic nitrogens is 4. The summed E-state index contributed by atoms with van der Waals surface area (Å²) in [6.07, 6.45) is 2.37. The molecule has 0 atom stereocenters. The van der Waals surface area contributed by atoms with Gasteiger partial charge >= 0.3 is 0 Å². The van der Waals surface area contributed by atoms with Gasteiger partial charge in [0.05, 0.1) is 11.9 Å². The van der Waals surface area contributed by atoms with E-state index in [0.29, 0.717) is 22.3 Å². The van der Waals surface area contributed by atoms with Crippen LogP contribution in [0.2, 0.25) is 0 Å². The number of nitrogens with two attached hydrogens (primary N) is 1. The van der Waals surface area contributed by atoms with Crippen LogP contribution in [0.15, 0.2) is 79.7 Å². The third-order valence-electron chi connectivity index (χ3n) is 5.44. The molecule has 4 aromatic rings. The van der Waals surface area contributed by atoms with Crippen LogP contribution in [-0.2, 0) is 11.3 Å². The zero-order chi connectivity index (χ0) is 25.8. The van der Waals surface area contributed by atoms with Gasteiger partial charge in [-0.1, -0.05) is 31.4 Å². The van der Waals surface area contributed by atoms with Gasteiger partial charge in [-0.25, -0.2) is 19.0 Å². The lowest BCUT2D eigenvalue weighted by Gasteiger charge is -2.22. The number of nitriles is 1. The van der Waals surface area contributed by atoms with Gasteiger partial charge < -0.3 is 10.6 Å². The molecule has 0 aliphatic heterocycles. The summed E-state index contributed by atoms with van der Waals surface area (Å²) in [7, 11) is 0. The smallest absolute Gasteiger partial charge is 0.268 e. The highest BCUT2D eigenvalue weighted by molar-refractivity contribution is 6.08. The number of anilines is 2. The van der Waals surface area contributed by atoms with Gasteiger partial charge in [0.15, 0.2) is 11.4 Å². The van der Waals surface area contributed by atoms with Crippen LogP contribution in [-0.4, -0.2) is 38.0 Å². The average Bonchev–Trinajstić information content (AvgIpc) is 3.28. The van der Waals surface area contributed by atoms with Crippen molar-refractivity contribution in [2.24, 2.45) is 0 Å². The number of ketones is 1. The highest BCUT2D eigenvalue weighted by atomic mass is 19.1. The summed E-state index contributed by atoms with van der Waals surface area (Å²) < 4.78 is 15.9. The predicted molar refractivity (Wildman–Crippen MR) is 133 cm³/mol. The van der Waals surface area contributed by atoms with Crippen molar-refractivity contribution >= 4 is 34.2 Å². The monoisotopic (exact) mass is 481 g/mol. The number of hydrogen-bond donors (Lipinski definition) is 1. The Labute approximate surface area is 205 Å². The summed E-state index contributed by atoms with van der Waals surface area (Å²) in [5, 5.41) is 14.1. The number of nitrogen functional groups attached to an aromatic ring is 1. The minimum Gasteiger partial charge on any atom is -0.383 e. The molecule has 2 N–H and O–H groups in total. The molecule has 0 fully saturated rings. The highest BCUT2D eigenvalue weighted by Gasteiger charge is 2.22. The number of carbonyl (C=O) groups is 2. The van der Waals surface area contributed by atoms with E-state index in [-0.39, 0.29) is 35.7 Å². The molecule has 0 bridgehead atoms. The molecule has 10 heteroatoms. The minimum absolute atomic E-state index is 0.106. The van der Waals surface area contributed by atoms with E-state index >= 15 is 0 Å². The summed E-state index contributed by atoms with van der Waals surface area (Å²) in [5.74, 6) is -1.51. The summed E-state index contributed by atoms with van der Waals surface area (Å²) in [4.78, 5) is 34.7. The first-order chi connectivity index (χ1) is 17.3. The molecule has 2 heterocycles. The van der Waals surface area contributed by atoms with Crippen molar-refractivity contribution in [2.75, 3.05) is 17.2 Å². The van der Waals surface area contributed by atoms with Gasteiger partial charge in [-0.15, -0.1) is 0 Å². The molecule has 36 heavy (non-hydrogen) atoms. The highest BCUT2D eigenvalue weighted by Crippen LogP contribution is 2.31. The van der Waals surface area contributed by atoms with Crippen LogP contribution in [0.5, 0.6) is 0 Å². The van der Waals surface area contributed by atoms with Crippen LogP contribution in [0.4, 0.5) is 15.9 Å². The number of halogens is 1. The SMILES string of the molecule is C=CC(=O)c1cc(F)cc(-c2nn(CCN(C(=O)C(=C)C#N)c3ccccc3)c3ncnc(N)c23)c1. The van der Waals surface area contributed by atoms with E-state index in [1.54, 1.807) is 30.3 Å². The predicted octanol–water partition coefficient (Wildman–Crippen LogP) is 3.70. The van der Waals surface area contributed by atoms with E-state index < -0.39 is 17.5 Å². The first-order valence-electron chi connectivity index (χ1n) is 10.7. The minimum atomic E-state index is -0.633. The van der Waals surface area contributed by atoms with Crippen LogP contribution in [0.3, 0.4) is 0 Å². The van der Waals surface area contributed by atoms with Gasteiger partial charge in [0, 0.05) is 23.4 Å². The van der Waals surface area contributed by atoms with Gasteiger partial charge in [0.1, 0.15) is 35.3 Å². The lowest BCUT2D eigenvalue weighted by Crippen LogP contribution is -2.34. The number of rotatable bonds is 8.